The van der Waals surface area contributed by atoms with Gasteiger partial charge in [0.05, 0.1) is 19.3 Å². The molecule has 2 aromatic rings. The van der Waals surface area contributed by atoms with Crippen LogP contribution >= 0.6 is 0 Å². The minimum atomic E-state index is -0.549. The lowest BCUT2D eigenvalue weighted by molar-refractivity contribution is 0.0755. The second-order valence-electron chi connectivity index (χ2n) is 4.81. The van der Waals surface area contributed by atoms with Gasteiger partial charge in [-0.3, -0.25) is 4.79 Å². The lowest BCUT2D eigenvalue weighted by Crippen LogP contribution is -2.36. The molecule has 1 amide bonds. The van der Waals surface area contributed by atoms with E-state index in [0.29, 0.717) is 29.4 Å². The highest BCUT2D eigenvalue weighted by molar-refractivity contribution is 5.98. The highest BCUT2D eigenvalue weighted by atomic mass is 16.5. The van der Waals surface area contributed by atoms with E-state index in [0.717, 1.165) is 5.56 Å². The molecular formula is C17H17NO4. The molecule has 0 spiro atoms. The van der Waals surface area contributed by atoms with Gasteiger partial charge in [0, 0.05) is 5.56 Å². The topological polar surface area (TPSA) is 56.8 Å². The van der Waals surface area contributed by atoms with Crippen molar-refractivity contribution in [2.45, 2.75) is 13.2 Å². The van der Waals surface area contributed by atoms with Gasteiger partial charge in [0.2, 0.25) is 0 Å². The third-order valence-electron chi connectivity index (χ3n) is 3.43. The van der Waals surface area contributed by atoms with Crippen molar-refractivity contribution in [3.63, 3.8) is 0 Å². The lowest BCUT2D eigenvalue weighted by atomic mass is 10.1. The molecule has 0 radical (unpaired) electrons. The van der Waals surface area contributed by atoms with Crippen LogP contribution in [0, 0.1) is 0 Å². The number of rotatable bonds is 4. The standard InChI is InChI=1S/C17H17NO4/c1-3-21-14-9-8-11(10-15(14)20-2)17-18-16(19)12-6-4-5-7-13(12)22-17/h4-10,17H,3H2,1-2H3,(H,18,19)/t17-/m0/s1. The first-order chi connectivity index (χ1) is 10.7. The average Bonchev–Trinajstić information content (AvgIpc) is 2.55. The molecule has 1 heterocycles. The third-order valence-corrected chi connectivity index (χ3v) is 3.43. The van der Waals surface area contributed by atoms with Gasteiger partial charge in [-0.15, -0.1) is 0 Å². The molecule has 0 saturated heterocycles. The molecule has 5 heteroatoms. The number of methoxy groups -OCH3 is 1. The number of ether oxygens (including phenoxy) is 3. The van der Waals surface area contributed by atoms with Gasteiger partial charge in [0.25, 0.3) is 5.91 Å². The second kappa shape index (κ2) is 5.97. The summed E-state index contributed by atoms with van der Waals surface area (Å²) in [5.41, 5.74) is 1.33. The number of nitrogens with one attached hydrogen (secondary N) is 1. The lowest BCUT2D eigenvalue weighted by Gasteiger charge is -2.27. The Balaban J connectivity index is 1.91. The van der Waals surface area contributed by atoms with Crippen molar-refractivity contribution in [2.24, 2.45) is 0 Å². The van der Waals surface area contributed by atoms with E-state index in [9.17, 15) is 4.79 Å². The van der Waals surface area contributed by atoms with Crippen LogP contribution in [0.3, 0.4) is 0 Å². The van der Waals surface area contributed by atoms with Gasteiger partial charge in [-0.1, -0.05) is 12.1 Å². The molecule has 5 nitrogen and oxygen atoms in total. The van der Waals surface area contributed by atoms with Crippen molar-refractivity contribution in [1.29, 1.82) is 0 Å². The molecule has 22 heavy (non-hydrogen) atoms. The molecule has 0 unspecified atom stereocenters. The molecule has 114 valence electrons. The van der Waals surface area contributed by atoms with Gasteiger partial charge in [0.1, 0.15) is 5.75 Å². The summed E-state index contributed by atoms with van der Waals surface area (Å²) >= 11 is 0. The monoisotopic (exact) mass is 299 g/mol. The van der Waals surface area contributed by atoms with E-state index in [1.54, 1.807) is 19.2 Å². The largest absolute Gasteiger partial charge is 0.493 e. The smallest absolute Gasteiger partial charge is 0.258 e. The fourth-order valence-electron chi connectivity index (χ4n) is 2.38. The van der Waals surface area contributed by atoms with E-state index in [1.807, 2.05) is 37.3 Å². The molecule has 3 rings (SSSR count). The van der Waals surface area contributed by atoms with E-state index in [2.05, 4.69) is 5.32 Å². The van der Waals surface area contributed by atoms with Gasteiger partial charge in [-0.25, -0.2) is 0 Å². The summed E-state index contributed by atoms with van der Waals surface area (Å²) in [6.07, 6.45) is -0.549. The molecule has 0 fully saturated rings. The zero-order valence-corrected chi connectivity index (χ0v) is 12.5. The molecule has 0 aromatic heterocycles. The minimum absolute atomic E-state index is 0.153. The Morgan fingerprint density at radius 2 is 2.00 bits per heavy atom. The van der Waals surface area contributed by atoms with Crippen LogP contribution in [0.5, 0.6) is 17.2 Å². The van der Waals surface area contributed by atoms with Crippen molar-refractivity contribution in [1.82, 2.24) is 5.32 Å². The molecule has 1 aliphatic heterocycles. The predicted octanol–water partition coefficient (Wildman–Crippen LogP) is 2.91. The Hall–Kier alpha value is -2.69. The molecule has 0 saturated carbocycles. The van der Waals surface area contributed by atoms with Crippen LogP contribution in [0.4, 0.5) is 0 Å². The van der Waals surface area contributed by atoms with Gasteiger partial charge < -0.3 is 19.5 Å². The summed E-state index contributed by atoms with van der Waals surface area (Å²) in [6, 6.07) is 12.6. The maximum absolute atomic E-state index is 12.1. The van der Waals surface area contributed by atoms with Gasteiger partial charge >= 0.3 is 0 Å². The van der Waals surface area contributed by atoms with Crippen LogP contribution in [0.25, 0.3) is 0 Å². The SMILES string of the molecule is CCOc1ccc([C@H]2NC(=O)c3ccccc3O2)cc1OC. The molecule has 1 aliphatic rings. The van der Waals surface area contributed by atoms with E-state index in [-0.39, 0.29) is 5.91 Å². The number of carbonyl (C=O) groups excluding carboxylic acids is 1. The van der Waals surface area contributed by atoms with Crippen molar-refractivity contribution in [2.75, 3.05) is 13.7 Å². The molecule has 0 bridgehead atoms. The first-order valence-corrected chi connectivity index (χ1v) is 7.10. The molecule has 0 aliphatic carbocycles. The number of fused-ring (bicyclic) bond motifs is 1. The number of hydrogen-bond donors (Lipinski definition) is 1. The summed E-state index contributed by atoms with van der Waals surface area (Å²) in [4.78, 5) is 12.1. The van der Waals surface area contributed by atoms with E-state index in [4.69, 9.17) is 14.2 Å². The maximum atomic E-state index is 12.1. The zero-order chi connectivity index (χ0) is 15.5. The van der Waals surface area contributed by atoms with Gasteiger partial charge in [-0.2, -0.15) is 0 Å². The fourth-order valence-corrected chi connectivity index (χ4v) is 2.38. The molecule has 1 atom stereocenters. The quantitative estimate of drug-likeness (QED) is 0.943. The molecule has 2 aromatic carbocycles. The van der Waals surface area contributed by atoms with Gasteiger partial charge in [-0.05, 0) is 37.3 Å². The number of carbonyl (C=O) groups is 1. The van der Waals surface area contributed by atoms with Crippen LogP contribution in [0.2, 0.25) is 0 Å². The third kappa shape index (κ3) is 2.57. The maximum Gasteiger partial charge on any atom is 0.258 e. The Morgan fingerprint density at radius 1 is 1.18 bits per heavy atom. The molecular weight excluding hydrogens is 282 g/mol. The van der Waals surface area contributed by atoms with E-state index in [1.165, 1.54) is 0 Å². The number of benzene rings is 2. The van der Waals surface area contributed by atoms with Crippen molar-refractivity contribution in [3.8, 4) is 17.2 Å². The summed E-state index contributed by atoms with van der Waals surface area (Å²) in [5, 5.41) is 2.83. The van der Waals surface area contributed by atoms with E-state index >= 15 is 0 Å². The van der Waals surface area contributed by atoms with Crippen LogP contribution in [-0.2, 0) is 0 Å². The normalized spacial score (nSPS) is 16.3. The summed E-state index contributed by atoms with van der Waals surface area (Å²) in [6.45, 7) is 2.47. The molecule has 1 N–H and O–H groups in total. The Labute approximate surface area is 128 Å². The fraction of sp³-hybridized carbons (Fsp3) is 0.235. The Morgan fingerprint density at radius 3 is 2.77 bits per heavy atom. The van der Waals surface area contributed by atoms with Gasteiger partial charge in [0.15, 0.2) is 17.7 Å². The Bertz CT molecular complexity index is 699. The van der Waals surface area contributed by atoms with Crippen LogP contribution in [-0.4, -0.2) is 19.6 Å². The summed E-state index contributed by atoms with van der Waals surface area (Å²) < 4.78 is 16.7. The summed E-state index contributed by atoms with van der Waals surface area (Å²) in [5.74, 6) is 1.69. The zero-order valence-electron chi connectivity index (χ0n) is 12.5. The Kier molecular flexibility index (Phi) is 3.87. The number of amides is 1. The predicted molar refractivity (Wildman–Crippen MR) is 81.4 cm³/mol. The van der Waals surface area contributed by atoms with Crippen molar-refractivity contribution >= 4 is 5.91 Å². The first kappa shape index (κ1) is 14.3. The summed E-state index contributed by atoms with van der Waals surface area (Å²) in [7, 11) is 1.58. The number of hydrogen-bond acceptors (Lipinski definition) is 4. The van der Waals surface area contributed by atoms with Crippen molar-refractivity contribution in [3.05, 3.63) is 53.6 Å². The second-order valence-corrected chi connectivity index (χ2v) is 4.81. The first-order valence-electron chi connectivity index (χ1n) is 7.10. The number of para-hydroxylation sites is 1. The highest BCUT2D eigenvalue weighted by Crippen LogP contribution is 2.33. The van der Waals surface area contributed by atoms with Crippen molar-refractivity contribution < 1.29 is 19.0 Å². The van der Waals surface area contributed by atoms with Crippen LogP contribution in [0.15, 0.2) is 42.5 Å². The minimum Gasteiger partial charge on any atom is -0.493 e. The van der Waals surface area contributed by atoms with Crippen LogP contribution in [0.1, 0.15) is 29.1 Å². The van der Waals surface area contributed by atoms with Crippen LogP contribution < -0.4 is 19.5 Å². The average molecular weight is 299 g/mol. The van der Waals surface area contributed by atoms with E-state index < -0.39 is 6.23 Å². The highest BCUT2D eigenvalue weighted by Gasteiger charge is 2.26.